The number of anilines is 1. The maximum atomic E-state index is 12.3. The topological polar surface area (TPSA) is 85.7 Å². The van der Waals surface area contributed by atoms with E-state index in [4.69, 9.17) is 10.00 Å². The second-order valence-corrected chi connectivity index (χ2v) is 6.84. The fourth-order valence-corrected chi connectivity index (χ4v) is 3.72. The van der Waals surface area contributed by atoms with E-state index in [1.165, 1.54) is 11.3 Å². The van der Waals surface area contributed by atoms with Gasteiger partial charge in [0.1, 0.15) is 17.2 Å². The molecule has 3 heterocycles. The maximum absolute atomic E-state index is 12.3. The lowest BCUT2D eigenvalue weighted by atomic mass is 10.2. The van der Waals surface area contributed by atoms with Gasteiger partial charge >= 0.3 is 0 Å². The molecule has 2 fully saturated rings. The Balaban J connectivity index is 1.44. The highest BCUT2D eigenvalue weighted by Crippen LogP contribution is 2.22. The third kappa shape index (κ3) is 3.93. The van der Waals surface area contributed by atoms with Gasteiger partial charge in [-0.25, -0.2) is 0 Å². The number of hydrogen-bond acceptors (Lipinski definition) is 6. The Hall–Kier alpha value is -1.95. The molecule has 2 amide bonds. The maximum Gasteiger partial charge on any atom is 0.251 e. The summed E-state index contributed by atoms with van der Waals surface area (Å²) in [6.07, 6.45) is 1.48. The smallest absolute Gasteiger partial charge is 0.251 e. The molecule has 1 aromatic rings. The number of piperazine rings is 1. The van der Waals surface area contributed by atoms with E-state index in [0.29, 0.717) is 43.4 Å². The Morgan fingerprint density at radius 3 is 2.83 bits per heavy atom. The Morgan fingerprint density at radius 2 is 2.17 bits per heavy atom. The van der Waals surface area contributed by atoms with Crippen LogP contribution in [-0.4, -0.2) is 67.0 Å². The van der Waals surface area contributed by atoms with Gasteiger partial charge in [0.15, 0.2) is 0 Å². The second kappa shape index (κ2) is 7.75. The first kappa shape index (κ1) is 16.9. The number of hydrogen-bond donors (Lipinski definition) is 1. The molecular formula is C16H20N4O3S. The number of thiophene rings is 1. The van der Waals surface area contributed by atoms with Gasteiger partial charge in [-0.05, 0) is 24.3 Å². The summed E-state index contributed by atoms with van der Waals surface area (Å²) in [4.78, 5) is 28.3. The molecular weight excluding hydrogens is 328 g/mol. The lowest BCUT2D eigenvalue weighted by Crippen LogP contribution is -2.52. The minimum atomic E-state index is -0.275. The van der Waals surface area contributed by atoms with Crippen molar-refractivity contribution >= 4 is 28.2 Å². The molecule has 1 N–H and O–H groups in total. The third-order valence-electron chi connectivity index (χ3n) is 4.29. The molecule has 0 saturated carbocycles. The molecule has 1 unspecified atom stereocenters. The molecule has 0 spiro atoms. The highest BCUT2D eigenvalue weighted by Gasteiger charge is 2.30. The highest BCUT2D eigenvalue weighted by atomic mass is 32.1. The van der Waals surface area contributed by atoms with E-state index in [-0.39, 0.29) is 24.5 Å². The molecule has 24 heavy (non-hydrogen) atoms. The molecule has 0 aliphatic carbocycles. The third-order valence-corrected chi connectivity index (χ3v) is 5.12. The fourth-order valence-electron chi connectivity index (χ4n) is 2.97. The van der Waals surface area contributed by atoms with Crippen molar-refractivity contribution in [2.24, 2.45) is 0 Å². The number of rotatable bonds is 4. The van der Waals surface area contributed by atoms with Crippen molar-refractivity contribution in [3.05, 3.63) is 17.0 Å². The fraction of sp³-hybridized carbons (Fsp3) is 0.562. The molecule has 1 aromatic heterocycles. The molecule has 2 aliphatic rings. The van der Waals surface area contributed by atoms with Crippen LogP contribution in [0.1, 0.15) is 18.4 Å². The quantitative estimate of drug-likeness (QED) is 0.873. The Kier molecular flexibility index (Phi) is 5.45. The molecule has 128 valence electrons. The van der Waals surface area contributed by atoms with Crippen LogP contribution in [-0.2, 0) is 14.3 Å². The van der Waals surface area contributed by atoms with Crippen LogP contribution in [0.25, 0.3) is 0 Å². The van der Waals surface area contributed by atoms with Gasteiger partial charge in [-0.3, -0.25) is 14.5 Å². The molecule has 0 aromatic carbocycles. The zero-order chi connectivity index (χ0) is 16.9. The second-order valence-electron chi connectivity index (χ2n) is 5.93. The summed E-state index contributed by atoms with van der Waals surface area (Å²) in [6, 6.07) is 3.75. The van der Waals surface area contributed by atoms with Gasteiger partial charge in [0.25, 0.3) is 5.91 Å². The first-order chi connectivity index (χ1) is 11.7. The number of carbonyl (C=O) groups is 2. The molecule has 0 radical (unpaired) electrons. The largest absolute Gasteiger partial charge is 0.368 e. The summed E-state index contributed by atoms with van der Waals surface area (Å²) in [6.45, 7) is 3.51. The average molecular weight is 348 g/mol. The molecule has 0 bridgehead atoms. The molecule has 1 atom stereocenters. The monoisotopic (exact) mass is 348 g/mol. The summed E-state index contributed by atoms with van der Waals surface area (Å²) in [7, 11) is 0. The van der Waals surface area contributed by atoms with Crippen molar-refractivity contribution in [1.82, 2.24) is 9.80 Å². The predicted octanol–water partition coefficient (Wildman–Crippen LogP) is 0.881. The van der Waals surface area contributed by atoms with Crippen LogP contribution < -0.4 is 5.32 Å². The predicted molar refractivity (Wildman–Crippen MR) is 89.7 cm³/mol. The lowest BCUT2D eigenvalue weighted by Gasteiger charge is -2.35. The Bertz CT molecular complexity index is 640. The van der Waals surface area contributed by atoms with Gasteiger partial charge in [-0.15, -0.1) is 11.3 Å². The van der Waals surface area contributed by atoms with Crippen LogP contribution in [0.15, 0.2) is 11.4 Å². The van der Waals surface area contributed by atoms with Crippen molar-refractivity contribution < 1.29 is 14.3 Å². The van der Waals surface area contributed by atoms with Crippen LogP contribution in [0, 0.1) is 11.3 Å². The first-order valence-corrected chi connectivity index (χ1v) is 8.95. The van der Waals surface area contributed by atoms with Crippen LogP contribution in [0.3, 0.4) is 0 Å². The van der Waals surface area contributed by atoms with Crippen molar-refractivity contribution in [1.29, 1.82) is 5.26 Å². The number of nitriles is 1. The van der Waals surface area contributed by atoms with Gasteiger partial charge in [-0.1, -0.05) is 0 Å². The molecule has 7 nitrogen and oxygen atoms in total. The van der Waals surface area contributed by atoms with Crippen molar-refractivity contribution in [3.63, 3.8) is 0 Å². The standard InChI is InChI=1S/C16H20N4O3S/c17-10-12-3-9-24-15(12)18-14(21)11-19-4-6-20(7-5-19)16(22)13-2-1-8-23-13/h3,9,13H,1-2,4-8,11H2,(H,18,21). The van der Waals surface area contributed by atoms with Crippen LogP contribution in [0.4, 0.5) is 5.00 Å². The summed E-state index contributed by atoms with van der Waals surface area (Å²) >= 11 is 1.34. The number of nitrogens with zero attached hydrogens (tertiary/aromatic N) is 3. The zero-order valence-electron chi connectivity index (χ0n) is 13.4. The summed E-state index contributed by atoms with van der Waals surface area (Å²) < 4.78 is 5.45. The average Bonchev–Trinajstić information content (AvgIpc) is 3.26. The van der Waals surface area contributed by atoms with E-state index < -0.39 is 0 Å². The summed E-state index contributed by atoms with van der Waals surface area (Å²) in [5.74, 6) is -0.0540. The van der Waals surface area contributed by atoms with E-state index in [1.54, 1.807) is 11.4 Å². The minimum Gasteiger partial charge on any atom is -0.368 e. The van der Waals surface area contributed by atoms with Crippen LogP contribution in [0.5, 0.6) is 0 Å². The molecule has 2 saturated heterocycles. The van der Waals surface area contributed by atoms with Crippen molar-refractivity contribution in [3.8, 4) is 6.07 Å². The van der Waals surface area contributed by atoms with Crippen LogP contribution >= 0.6 is 11.3 Å². The van der Waals surface area contributed by atoms with Gasteiger partial charge < -0.3 is 15.0 Å². The van der Waals surface area contributed by atoms with Gasteiger partial charge in [0.05, 0.1) is 12.1 Å². The SMILES string of the molecule is N#Cc1ccsc1NC(=O)CN1CCN(C(=O)C2CCCO2)CC1. The van der Waals surface area contributed by atoms with E-state index >= 15 is 0 Å². The molecule has 2 aliphatic heterocycles. The molecule has 3 rings (SSSR count). The van der Waals surface area contributed by atoms with Gasteiger partial charge in [0.2, 0.25) is 5.91 Å². The number of carbonyl (C=O) groups excluding carboxylic acids is 2. The van der Waals surface area contributed by atoms with E-state index in [0.717, 1.165) is 12.8 Å². The minimum absolute atomic E-state index is 0.0776. The number of ether oxygens (including phenoxy) is 1. The summed E-state index contributed by atoms with van der Waals surface area (Å²) in [5, 5.41) is 14.1. The lowest BCUT2D eigenvalue weighted by molar-refractivity contribution is -0.142. The number of nitrogens with one attached hydrogen (secondary N) is 1. The summed E-state index contributed by atoms with van der Waals surface area (Å²) in [5.41, 5.74) is 0.486. The van der Waals surface area contributed by atoms with E-state index in [9.17, 15) is 9.59 Å². The van der Waals surface area contributed by atoms with Crippen molar-refractivity contribution in [2.45, 2.75) is 18.9 Å². The Morgan fingerprint density at radius 1 is 1.38 bits per heavy atom. The normalized spacial score (nSPS) is 21.5. The van der Waals surface area contributed by atoms with Gasteiger partial charge in [0, 0.05) is 32.8 Å². The van der Waals surface area contributed by atoms with E-state index in [2.05, 4.69) is 11.4 Å². The first-order valence-electron chi connectivity index (χ1n) is 8.07. The van der Waals surface area contributed by atoms with Gasteiger partial charge in [-0.2, -0.15) is 5.26 Å². The highest BCUT2D eigenvalue weighted by molar-refractivity contribution is 7.14. The van der Waals surface area contributed by atoms with Crippen molar-refractivity contribution in [2.75, 3.05) is 44.6 Å². The number of amides is 2. The Labute approximate surface area is 144 Å². The van der Waals surface area contributed by atoms with E-state index in [1.807, 2.05) is 9.80 Å². The zero-order valence-corrected chi connectivity index (χ0v) is 14.2. The molecule has 8 heteroatoms. The van der Waals surface area contributed by atoms with Crippen LogP contribution in [0.2, 0.25) is 0 Å².